The highest BCUT2D eigenvalue weighted by Crippen LogP contribution is 2.16. The first-order chi connectivity index (χ1) is 8.69. The third-order valence-corrected chi connectivity index (χ3v) is 5.31. The van der Waals surface area contributed by atoms with Gasteiger partial charge in [0.2, 0.25) is 0 Å². The molecule has 1 aliphatic rings. The zero-order valence-corrected chi connectivity index (χ0v) is 13.6. The fraction of sp³-hybridized carbons (Fsp3) is 1.00. The first-order valence-corrected chi connectivity index (χ1v) is 8.27. The van der Waals surface area contributed by atoms with Gasteiger partial charge in [0.25, 0.3) is 10.2 Å². The van der Waals surface area contributed by atoms with E-state index < -0.39 is 10.2 Å². The zero-order chi connectivity index (χ0) is 14.7. The van der Waals surface area contributed by atoms with E-state index in [9.17, 15) is 8.42 Å². The van der Waals surface area contributed by atoms with E-state index in [1.54, 1.807) is 0 Å². The minimum absolute atomic E-state index is 0.164. The van der Waals surface area contributed by atoms with E-state index in [-0.39, 0.29) is 5.54 Å². The second kappa shape index (κ2) is 6.49. The zero-order valence-electron chi connectivity index (χ0n) is 12.8. The van der Waals surface area contributed by atoms with E-state index in [2.05, 4.69) is 35.3 Å². The van der Waals surface area contributed by atoms with Crippen LogP contribution in [0.2, 0.25) is 0 Å². The molecule has 0 radical (unpaired) electrons. The lowest BCUT2D eigenvalue weighted by Crippen LogP contribution is -2.58. The lowest BCUT2D eigenvalue weighted by atomic mass is 10.0. The maximum atomic E-state index is 11.7. The van der Waals surface area contributed by atoms with Gasteiger partial charge in [-0.1, -0.05) is 6.92 Å². The molecule has 1 fully saturated rings. The van der Waals surface area contributed by atoms with Crippen LogP contribution in [-0.2, 0) is 10.2 Å². The number of hydrogen-bond donors (Lipinski definition) is 1. The number of nitrogens with one attached hydrogen (secondary N) is 1. The Balaban J connectivity index is 2.53. The van der Waals surface area contributed by atoms with Crippen LogP contribution in [-0.4, -0.2) is 81.4 Å². The van der Waals surface area contributed by atoms with E-state index in [1.807, 2.05) is 0 Å². The number of nitrogens with zero attached hydrogens (tertiary/aromatic N) is 3. The quantitative estimate of drug-likeness (QED) is 0.736. The highest BCUT2D eigenvalue weighted by Gasteiger charge is 2.31. The summed E-state index contributed by atoms with van der Waals surface area (Å²) in [7, 11) is -0.265. The molecule has 114 valence electrons. The van der Waals surface area contributed by atoms with Crippen LogP contribution in [0.5, 0.6) is 0 Å². The van der Waals surface area contributed by atoms with E-state index in [0.29, 0.717) is 6.54 Å². The number of hydrogen-bond acceptors (Lipinski definition) is 4. The topological polar surface area (TPSA) is 55.9 Å². The summed E-state index contributed by atoms with van der Waals surface area (Å²) < 4.78 is 27.4. The Morgan fingerprint density at radius 3 is 2.11 bits per heavy atom. The molecule has 1 saturated heterocycles. The molecule has 6 nitrogen and oxygen atoms in total. The molecule has 0 bridgehead atoms. The largest absolute Gasteiger partial charge is 0.301 e. The summed E-state index contributed by atoms with van der Waals surface area (Å²) in [4.78, 5) is 4.77. The molecule has 0 aromatic rings. The Morgan fingerprint density at radius 1 is 1.16 bits per heavy atom. The van der Waals surface area contributed by atoms with Gasteiger partial charge in [-0.3, -0.25) is 4.90 Å². The Labute approximate surface area is 117 Å². The minimum Gasteiger partial charge on any atom is -0.301 e. The van der Waals surface area contributed by atoms with Crippen molar-refractivity contribution in [1.82, 2.24) is 18.8 Å². The smallest absolute Gasteiger partial charge is 0.278 e. The van der Waals surface area contributed by atoms with Crippen molar-refractivity contribution in [3.8, 4) is 0 Å². The summed E-state index contributed by atoms with van der Waals surface area (Å²) in [6.07, 6.45) is 0. The van der Waals surface area contributed by atoms with Crippen molar-refractivity contribution in [2.45, 2.75) is 26.3 Å². The normalized spacial score (nSPS) is 20.1. The Bertz CT molecular complexity index is 373. The second-order valence-corrected chi connectivity index (χ2v) is 7.81. The van der Waals surface area contributed by atoms with Gasteiger partial charge in [-0.2, -0.15) is 12.7 Å². The van der Waals surface area contributed by atoms with E-state index in [0.717, 1.165) is 32.7 Å². The van der Waals surface area contributed by atoms with Crippen LogP contribution in [0.3, 0.4) is 0 Å². The molecule has 0 aromatic carbocycles. The van der Waals surface area contributed by atoms with Crippen molar-refractivity contribution in [1.29, 1.82) is 0 Å². The molecule has 1 N–H and O–H groups in total. The van der Waals surface area contributed by atoms with Gasteiger partial charge in [-0.05, 0) is 20.4 Å². The fourth-order valence-corrected chi connectivity index (χ4v) is 2.97. The molecular weight excluding hydrogens is 264 g/mol. The number of rotatable bonds is 6. The van der Waals surface area contributed by atoms with Crippen LogP contribution in [0.25, 0.3) is 0 Å². The predicted molar refractivity (Wildman–Crippen MR) is 78.4 cm³/mol. The molecule has 0 atom stereocenters. The van der Waals surface area contributed by atoms with Crippen LogP contribution in [0.1, 0.15) is 20.8 Å². The highest BCUT2D eigenvalue weighted by atomic mass is 32.2. The van der Waals surface area contributed by atoms with Crippen LogP contribution in [0, 0.1) is 0 Å². The van der Waals surface area contributed by atoms with Gasteiger partial charge in [0, 0.05) is 52.4 Å². The van der Waals surface area contributed by atoms with Crippen LogP contribution in [0.4, 0.5) is 0 Å². The highest BCUT2D eigenvalue weighted by molar-refractivity contribution is 7.87. The van der Waals surface area contributed by atoms with Gasteiger partial charge in [0.1, 0.15) is 0 Å². The average molecular weight is 292 g/mol. The molecule has 0 unspecified atom stereocenters. The van der Waals surface area contributed by atoms with Crippen molar-refractivity contribution in [2.75, 3.05) is 53.4 Å². The lowest BCUT2D eigenvalue weighted by molar-refractivity contribution is 0.0570. The van der Waals surface area contributed by atoms with Crippen molar-refractivity contribution >= 4 is 10.2 Å². The molecule has 1 aliphatic heterocycles. The third-order valence-electron chi connectivity index (χ3n) is 3.84. The van der Waals surface area contributed by atoms with E-state index in [1.165, 1.54) is 18.4 Å². The molecule has 0 aromatic heterocycles. The number of likely N-dealkylation sites (N-methyl/N-ethyl adjacent to an activating group) is 1. The van der Waals surface area contributed by atoms with Crippen molar-refractivity contribution < 1.29 is 8.42 Å². The SMILES string of the molecule is CCN1CCN(C(C)(C)CNS(=O)(=O)N(C)C)CC1. The predicted octanol–water partition coefficient (Wildman–Crippen LogP) is -0.201. The summed E-state index contributed by atoms with van der Waals surface area (Å²) in [6, 6.07) is 0. The van der Waals surface area contributed by atoms with Gasteiger partial charge in [0.15, 0.2) is 0 Å². The summed E-state index contributed by atoms with van der Waals surface area (Å²) >= 11 is 0. The summed E-state index contributed by atoms with van der Waals surface area (Å²) in [5.74, 6) is 0. The number of piperazine rings is 1. The second-order valence-electron chi connectivity index (χ2n) is 5.84. The van der Waals surface area contributed by atoms with Gasteiger partial charge in [-0.15, -0.1) is 0 Å². The van der Waals surface area contributed by atoms with Gasteiger partial charge < -0.3 is 4.90 Å². The standard InChI is InChI=1S/C12H28N4O2S/c1-6-15-7-9-16(10-8-15)12(2,3)11-13-19(17,18)14(4)5/h13H,6-11H2,1-5H3. The van der Waals surface area contributed by atoms with Crippen LogP contribution < -0.4 is 4.72 Å². The van der Waals surface area contributed by atoms with Crippen LogP contribution >= 0.6 is 0 Å². The molecule has 7 heteroatoms. The van der Waals surface area contributed by atoms with Gasteiger partial charge in [-0.25, -0.2) is 4.72 Å². The Kier molecular flexibility index (Phi) is 5.76. The first kappa shape index (κ1) is 16.8. The Hall–Kier alpha value is -0.210. The monoisotopic (exact) mass is 292 g/mol. The summed E-state index contributed by atoms with van der Waals surface area (Å²) in [6.45, 7) is 12.0. The molecule has 1 heterocycles. The summed E-state index contributed by atoms with van der Waals surface area (Å²) in [5, 5.41) is 0. The molecule has 1 rings (SSSR count). The van der Waals surface area contributed by atoms with Crippen molar-refractivity contribution in [2.24, 2.45) is 0 Å². The summed E-state index contributed by atoms with van der Waals surface area (Å²) in [5.41, 5.74) is -0.164. The maximum absolute atomic E-state index is 11.7. The van der Waals surface area contributed by atoms with Crippen LogP contribution in [0.15, 0.2) is 0 Å². The molecule has 0 saturated carbocycles. The molecule has 0 aliphatic carbocycles. The van der Waals surface area contributed by atoms with E-state index >= 15 is 0 Å². The maximum Gasteiger partial charge on any atom is 0.278 e. The fourth-order valence-electron chi connectivity index (χ4n) is 2.18. The molecular formula is C12H28N4O2S. The van der Waals surface area contributed by atoms with Crippen molar-refractivity contribution in [3.05, 3.63) is 0 Å². The van der Waals surface area contributed by atoms with Crippen molar-refractivity contribution in [3.63, 3.8) is 0 Å². The molecule has 19 heavy (non-hydrogen) atoms. The molecule has 0 spiro atoms. The van der Waals surface area contributed by atoms with Gasteiger partial charge >= 0.3 is 0 Å². The average Bonchev–Trinajstić information content (AvgIpc) is 2.36. The third kappa shape index (κ3) is 4.68. The lowest BCUT2D eigenvalue weighted by Gasteiger charge is -2.44. The van der Waals surface area contributed by atoms with E-state index in [4.69, 9.17) is 0 Å². The Morgan fingerprint density at radius 2 is 1.68 bits per heavy atom. The first-order valence-electron chi connectivity index (χ1n) is 6.83. The minimum atomic E-state index is -3.34. The van der Waals surface area contributed by atoms with Gasteiger partial charge in [0.05, 0.1) is 0 Å². The molecule has 0 amide bonds.